The highest BCUT2D eigenvalue weighted by molar-refractivity contribution is 5.16. The van der Waals surface area contributed by atoms with E-state index in [9.17, 15) is 5.21 Å². The van der Waals surface area contributed by atoms with Crippen molar-refractivity contribution in [2.45, 2.75) is 0 Å². The first-order valence-electron chi connectivity index (χ1n) is 2.82. The smallest absolute Gasteiger partial charge is 0.347 e. The van der Waals surface area contributed by atoms with E-state index < -0.39 is 0 Å². The standard InChI is InChI=1S/C6H4N4O/c7-5-9-10(11)6-3-1-2-4-8-6/h1-4H. The summed E-state index contributed by atoms with van der Waals surface area (Å²) in [6.07, 6.45) is 2.82. The van der Waals surface area contributed by atoms with Crippen molar-refractivity contribution in [3.8, 4) is 6.19 Å². The molecule has 54 valence electrons. The number of hydrogen-bond donors (Lipinski definition) is 0. The molecule has 0 spiro atoms. The second-order valence-electron chi connectivity index (χ2n) is 1.66. The van der Waals surface area contributed by atoms with Crippen molar-refractivity contribution in [2.24, 2.45) is 5.11 Å². The predicted octanol–water partition coefficient (Wildman–Crippen LogP) is 1.16. The fourth-order valence-electron chi connectivity index (χ4n) is 0.559. The second-order valence-corrected chi connectivity index (χ2v) is 1.66. The van der Waals surface area contributed by atoms with Crippen LogP contribution in [-0.4, -0.2) is 9.84 Å². The van der Waals surface area contributed by atoms with E-state index in [0.29, 0.717) is 0 Å². The maximum absolute atomic E-state index is 10.7. The Kier molecular flexibility index (Phi) is 2.13. The van der Waals surface area contributed by atoms with E-state index in [-0.39, 0.29) is 10.7 Å². The Hall–Kier alpha value is -1.96. The summed E-state index contributed by atoms with van der Waals surface area (Å²) in [6, 6.07) is 4.78. The maximum Gasteiger partial charge on any atom is 0.347 e. The lowest BCUT2D eigenvalue weighted by Crippen LogP contribution is -1.91. The highest BCUT2D eigenvalue weighted by Crippen LogP contribution is 2.03. The Balaban J connectivity index is 2.96. The van der Waals surface area contributed by atoms with Crippen molar-refractivity contribution < 1.29 is 4.86 Å². The molecule has 0 aliphatic heterocycles. The topological polar surface area (TPSA) is 75.1 Å². The summed E-state index contributed by atoms with van der Waals surface area (Å²) >= 11 is 0. The van der Waals surface area contributed by atoms with Gasteiger partial charge in [0.05, 0.1) is 0 Å². The Morgan fingerprint density at radius 3 is 3.00 bits per heavy atom. The molecule has 1 aromatic heterocycles. The molecule has 0 aliphatic carbocycles. The number of nitrogens with zero attached hydrogens (tertiary/aromatic N) is 4. The van der Waals surface area contributed by atoms with Gasteiger partial charge < -0.3 is 5.21 Å². The van der Waals surface area contributed by atoms with Crippen LogP contribution >= 0.6 is 0 Å². The minimum atomic E-state index is 0.106. The Morgan fingerprint density at radius 1 is 1.64 bits per heavy atom. The highest BCUT2D eigenvalue weighted by atomic mass is 16.5. The quantitative estimate of drug-likeness (QED) is 0.259. The van der Waals surface area contributed by atoms with Crippen LogP contribution in [0.15, 0.2) is 29.5 Å². The minimum absolute atomic E-state index is 0.106. The first-order chi connectivity index (χ1) is 5.34. The van der Waals surface area contributed by atoms with Gasteiger partial charge in [-0.15, -0.1) is 4.86 Å². The van der Waals surface area contributed by atoms with Crippen molar-refractivity contribution in [2.75, 3.05) is 0 Å². The molecule has 1 aromatic rings. The molecule has 0 fully saturated rings. The van der Waals surface area contributed by atoms with Crippen LogP contribution in [0.2, 0.25) is 0 Å². The Bertz CT molecular complexity index is 300. The van der Waals surface area contributed by atoms with Crippen LogP contribution in [0, 0.1) is 16.7 Å². The molecule has 1 heterocycles. The zero-order chi connectivity index (χ0) is 8.10. The van der Waals surface area contributed by atoms with Gasteiger partial charge in [-0.25, -0.2) is 0 Å². The molecule has 0 aliphatic rings. The molecule has 0 atom stereocenters. The van der Waals surface area contributed by atoms with Gasteiger partial charge in [0.1, 0.15) is 6.20 Å². The Labute approximate surface area is 62.8 Å². The van der Waals surface area contributed by atoms with Crippen molar-refractivity contribution in [1.29, 1.82) is 5.26 Å². The van der Waals surface area contributed by atoms with Crippen LogP contribution in [0.1, 0.15) is 0 Å². The number of aromatic nitrogens is 1. The molecule has 0 saturated carbocycles. The molecule has 0 unspecified atom stereocenters. The van der Waals surface area contributed by atoms with Crippen molar-refractivity contribution >= 4 is 5.82 Å². The van der Waals surface area contributed by atoms with Crippen LogP contribution in [0.25, 0.3) is 0 Å². The third kappa shape index (κ3) is 1.72. The maximum atomic E-state index is 10.7. The van der Waals surface area contributed by atoms with Gasteiger partial charge in [0.2, 0.25) is 6.19 Å². The van der Waals surface area contributed by atoms with E-state index in [1.54, 1.807) is 12.1 Å². The second kappa shape index (κ2) is 3.27. The van der Waals surface area contributed by atoms with Crippen molar-refractivity contribution in [3.63, 3.8) is 0 Å². The molecule has 0 aromatic carbocycles. The monoisotopic (exact) mass is 148 g/mol. The van der Waals surface area contributed by atoms with Crippen LogP contribution in [-0.2, 0) is 0 Å². The van der Waals surface area contributed by atoms with Crippen LogP contribution < -0.4 is 0 Å². The lowest BCUT2D eigenvalue weighted by Gasteiger charge is -1.96. The minimum Gasteiger partial charge on any atom is -0.690 e. The SMILES string of the molecule is N#CN=[N+]([O-])c1ccccn1. The molecule has 5 heteroatoms. The summed E-state index contributed by atoms with van der Waals surface area (Å²) in [5.74, 6) is 0.106. The fourth-order valence-corrected chi connectivity index (χ4v) is 0.559. The largest absolute Gasteiger partial charge is 0.690 e. The zero-order valence-electron chi connectivity index (χ0n) is 5.51. The van der Waals surface area contributed by atoms with Gasteiger partial charge >= 0.3 is 5.82 Å². The first-order valence-corrected chi connectivity index (χ1v) is 2.82. The summed E-state index contributed by atoms with van der Waals surface area (Å²) in [7, 11) is 0. The number of azo groups is 1. The summed E-state index contributed by atoms with van der Waals surface area (Å²) in [6.45, 7) is 0. The van der Waals surface area contributed by atoms with Gasteiger partial charge in [-0.3, -0.25) is 0 Å². The molecule has 0 radical (unpaired) electrons. The third-order valence-electron chi connectivity index (χ3n) is 0.981. The van der Waals surface area contributed by atoms with Gasteiger partial charge in [0.25, 0.3) is 0 Å². The molecule has 0 N–H and O–H groups in total. The summed E-state index contributed by atoms with van der Waals surface area (Å²) in [5.41, 5.74) is 0. The van der Waals surface area contributed by atoms with Gasteiger partial charge in [-0.2, -0.15) is 5.26 Å². The number of hydrogen-bond acceptors (Lipinski definition) is 4. The number of pyridine rings is 1. The molecule has 1 rings (SSSR count). The third-order valence-corrected chi connectivity index (χ3v) is 0.981. The van der Waals surface area contributed by atoms with Crippen LogP contribution in [0.3, 0.4) is 0 Å². The van der Waals surface area contributed by atoms with Crippen LogP contribution in [0.5, 0.6) is 0 Å². The van der Waals surface area contributed by atoms with Gasteiger partial charge in [-0.1, -0.05) is 6.07 Å². The van der Waals surface area contributed by atoms with E-state index in [4.69, 9.17) is 5.26 Å². The predicted molar refractivity (Wildman–Crippen MR) is 35.6 cm³/mol. The van der Waals surface area contributed by atoms with E-state index in [1.165, 1.54) is 18.5 Å². The molecular weight excluding hydrogens is 144 g/mol. The van der Waals surface area contributed by atoms with Gasteiger partial charge in [0, 0.05) is 11.2 Å². The summed E-state index contributed by atoms with van der Waals surface area (Å²) < 4.78 is 0. The van der Waals surface area contributed by atoms with E-state index in [2.05, 4.69) is 10.1 Å². The van der Waals surface area contributed by atoms with Crippen LogP contribution in [0.4, 0.5) is 5.82 Å². The van der Waals surface area contributed by atoms with Crippen molar-refractivity contribution in [1.82, 2.24) is 4.98 Å². The molecule has 0 saturated heterocycles. The normalized spacial score (nSPS) is 10.6. The summed E-state index contributed by atoms with van der Waals surface area (Å²) in [4.78, 5) is 3.83. The Morgan fingerprint density at radius 2 is 2.45 bits per heavy atom. The zero-order valence-corrected chi connectivity index (χ0v) is 5.51. The fraction of sp³-hybridized carbons (Fsp3) is 0. The number of rotatable bonds is 1. The van der Waals surface area contributed by atoms with E-state index in [0.717, 1.165) is 0 Å². The average molecular weight is 148 g/mol. The molecule has 5 nitrogen and oxygen atoms in total. The van der Waals surface area contributed by atoms with Gasteiger partial charge in [-0.05, 0) is 11.1 Å². The molecule has 11 heavy (non-hydrogen) atoms. The lowest BCUT2D eigenvalue weighted by molar-refractivity contribution is -0.439. The average Bonchev–Trinajstić information content (AvgIpc) is 2.07. The number of nitriles is 1. The first kappa shape index (κ1) is 7.15. The van der Waals surface area contributed by atoms with Gasteiger partial charge in [0.15, 0.2) is 0 Å². The van der Waals surface area contributed by atoms with E-state index in [1.807, 2.05) is 0 Å². The van der Waals surface area contributed by atoms with Crippen molar-refractivity contribution in [3.05, 3.63) is 29.6 Å². The molecule has 0 bridgehead atoms. The molecule has 0 amide bonds. The van der Waals surface area contributed by atoms with E-state index >= 15 is 0 Å². The highest BCUT2D eigenvalue weighted by Gasteiger charge is 1.99. The summed E-state index contributed by atoms with van der Waals surface area (Å²) in [5, 5.41) is 21.6. The lowest BCUT2D eigenvalue weighted by atomic mass is 10.5. The molecular formula is C6H4N4O.